The van der Waals surface area contributed by atoms with Crippen molar-refractivity contribution in [1.82, 2.24) is 10.2 Å². The minimum absolute atomic E-state index is 0.444. The van der Waals surface area contributed by atoms with E-state index in [9.17, 15) is 0 Å². The molecule has 2 aromatic rings. The quantitative estimate of drug-likeness (QED) is 0.641. The molecule has 1 heterocycles. The summed E-state index contributed by atoms with van der Waals surface area (Å²) < 4.78 is 0. The molecule has 4 nitrogen and oxygen atoms in total. The Kier molecular flexibility index (Phi) is 8.10. The molecule has 1 unspecified atom stereocenters. The average molecular weight is 391 g/mol. The minimum Gasteiger partial charge on any atom is -0.371 e. The molecule has 1 aliphatic rings. The molecule has 3 rings (SSSR count). The molecule has 1 aliphatic heterocycles. The van der Waals surface area contributed by atoms with Crippen LogP contribution < -0.4 is 10.2 Å². The van der Waals surface area contributed by atoms with E-state index in [4.69, 9.17) is 5.26 Å². The van der Waals surface area contributed by atoms with Gasteiger partial charge in [-0.3, -0.25) is 4.90 Å². The van der Waals surface area contributed by atoms with Crippen LogP contribution in [0.3, 0.4) is 0 Å². The summed E-state index contributed by atoms with van der Waals surface area (Å²) in [5.41, 5.74) is 5.27. The van der Waals surface area contributed by atoms with E-state index in [1.807, 2.05) is 0 Å². The van der Waals surface area contributed by atoms with Crippen molar-refractivity contribution in [3.8, 4) is 6.07 Å². The Morgan fingerprint density at radius 3 is 2.55 bits per heavy atom. The summed E-state index contributed by atoms with van der Waals surface area (Å²) in [6.45, 7) is 10.3. The Morgan fingerprint density at radius 2 is 1.90 bits per heavy atom. The second-order valence-electron chi connectivity index (χ2n) is 7.90. The van der Waals surface area contributed by atoms with E-state index in [1.54, 1.807) is 0 Å². The van der Waals surface area contributed by atoms with Crippen LogP contribution in [0.25, 0.3) is 0 Å². The molecule has 1 N–H and O–H groups in total. The average Bonchev–Trinajstić information content (AvgIpc) is 3.28. The summed E-state index contributed by atoms with van der Waals surface area (Å²) in [5.74, 6) is 0. The highest BCUT2D eigenvalue weighted by Crippen LogP contribution is 2.25. The van der Waals surface area contributed by atoms with Crippen molar-refractivity contribution in [2.24, 2.45) is 0 Å². The van der Waals surface area contributed by atoms with Gasteiger partial charge in [-0.25, -0.2) is 0 Å². The van der Waals surface area contributed by atoms with Crippen LogP contribution in [0.2, 0.25) is 0 Å². The van der Waals surface area contributed by atoms with Crippen molar-refractivity contribution in [3.05, 3.63) is 65.2 Å². The molecular formula is C25H34N4. The molecule has 1 atom stereocenters. The Labute approximate surface area is 176 Å². The highest BCUT2D eigenvalue weighted by molar-refractivity contribution is 5.50. The Bertz CT molecular complexity index is 790. The van der Waals surface area contributed by atoms with E-state index in [0.29, 0.717) is 12.5 Å². The maximum atomic E-state index is 8.87. The number of hydrogen-bond donors (Lipinski definition) is 1. The maximum Gasteiger partial charge on any atom is 0.0640 e. The van der Waals surface area contributed by atoms with Crippen molar-refractivity contribution >= 4 is 5.69 Å². The van der Waals surface area contributed by atoms with Crippen molar-refractivity contribution in [1.29, 1.82) is 5.26 Å². The van der Waals surface area contributed by atoms with E-state index in [1.165, 1.54) is 48.3 Å². The molecule has 4 heteroatoms. The fourth-order valence-corrected chi connectivity index (χ4v) is 4.26. The maximum absolute atomic E-state index is 8.87. The zero-order chi connectivity index (χ0) is 20.5. The number of aryl methyl sites for hydroxylation is 1. The monoisotopic (exact) mass is 390 g/mol. The lowest BCUT2D eigenvalue weighted by atomic mass is 10.0. The van der Waals surface area contributed by atoms with Gasteiger partial charge in [-0.1, -0.05) is 36.4 Å². The molecule has 0 bridgehead atoms. The van der Waals surface area contributed by atoms with E-state index in [0.717, 1.165) is 26.2 Å². The van der Waals surface area contributed by atoms with E-state index in [-0.39, 0.29) is 0 Å². The van der Waals surface area contributed by atoms with Gasteiger partial charge in [0.15, 0.2) is 0 Å². The zero-order valence-electron chi connectivity index (χ0n) is 17.9. The van der Waals surface area contributed by atoms with Gasteiger partial charge in [-0.05, 0) is 68.6 Å². The Balaban J connectivity index is 1.61. The summed E-state index contributed by atoms with van der Waals surface area (Å²) >= 11 is 0. The molecular weight excluding hydrogens is 356 g/mol. The number of benzene rings is 2. The van der Waals surface area contributed by atoms with E-state index >= 15 is 0 Å². The first-order chi connectivity index (χ1) is 14.2. The topological polar surface area (TPSA) is 42.3 Å². The second kappa shape index (κ2) is 11.0. The van der Waals surface area contributed by atoms with Crippen LogP contribution in [0.5, 0.6) is 0 Å². The number of nitrogens with zero attached hydrogens (tertiary/aromatic N) is 3. The lowest BCUT2D eigenvalue weighted by Gasteiger charge is -2.28. The third kappa shape index (κ3) is 5.82. The summed E-state index contributed by atoms with van der Waals surface area (Å²) in [6, 6.07) is 20.3. The smallest absolute Gasteiger partial charge is 0.0640 e. The first kappa shape index (κ1) is 21.4. The number of nitrogens with one attached hydrogen (secondary N) is 1. The van der Waals surface area contributed by atoms with Crippen LogP contribution >= 0.6 is 0 Å². The van der Waals surface area contributed by atoms with Crippen molar-refractivity contribution < 1.29 is 0 Å². The van der Waals surface area contributed by atoms with Crippen molar-refractivity contribution in [2.75, 3.05) is 37.6 Å². The predicted octanol–water partition coefficient (Wildman–Crippen LogP) is 4.66. The van der Waals surface area contributed by atoms with Crippen LogP contribution in [-0.2, 0) is 6.54 Å². The predicted molar refractivity (Wildman–Crippen MR) is 121 cm³/mol. The summed E-state index contributed by atoms with van der Waals surface area (Å²) in [5, 5.41) is 12.6. The largest absolute Gasteiger partial charge is 0.371 e. The Hall–Kier alpha value is -2.35. The zero-order valence-corrected chi connectivity index (χ0v) is 17.9. The first-order valence-corrected chi connectivity index (χ1v) is 10.9. The van der Waals surface area contributed by atoms with Crippen molar-refractivity contribution in [2.45, 2.75) is 45.7 Å². The summed E-state index contributed by atoms with van der Waals surface area (Å²) in [6.07, 6.45) is 3.18. The summed E-state index contributed by atoms with van der Waals surface area (Å²) in [7, 11) is 0. The van der Waals surface area contributed by atoms with Gasteiger partial charge in [0.25, 0.3) is 0 Å². The molecule has 0 spiro atoms. The number of nitriles is 1. The van der Waals surface area contributed by atoms with Crippen LogP contribution in [-0.4, -0.2) is 37.6 Å². The molecule has 2 aromatic carbocycles. The number of anilines is 1. The van der Waals surface area contributed by atoms with Crippen molar-refractivity contribution in [3.63, 3.8) is 0 Å². The van der Waals surface area contributed by atoms with Gasteiger partial charge in [0.1, 0.15) is 0 Å². The molecule has 154 valence electrons. The van der Waals surface area contributed by atoms with Gasteiger partial charge in [0, 0.05) is 37.9 Å². The first-order valence-electron chi connectivity index (χ1n) is 10.9. The molecule has 1 fully saturated rings. The van der Waals surface area contributed by atoms with Gasteiger partial charge >= 0.3 is 0 Å². The molecule has 1 saturated heterocycles. The highest BCUT2D eigenvalue weighted by atomic mass is 15.2. The molecule has 0 aliphatic carbocycles. The molecule has 0 aromatic heterocycles. The molecule has 0 radical (unpaired) electrons. The van der Waals surface area contributed by atoms with Gasteiger partial charge in [0.2, 0.25) is 0 Å². The fourth-order valence-electron chi connectivity index (χ4n) is 4.26. The van der Waals surface area contributed by atoms with Crippen LogP contribution in [0, 0.1) is 18.3 Å². The normalized spacial score (nSPS) is 15.2. The lowest BCUT2D eigenvalue weighted by molar-refractivity contribution is 0.238. The van der Waals surface area contributed by atoms with Crippen LogP contribution in [0.15, 0.2) is 48.5 Å². The third-order valence-corrected chi connectivity index (χ3v) is 5.99. The highest BCUT2D eigenvalue weighted by Gasteiger charge is 2.22. The van der Waals surface area contributed by atoms with Gasteiger partial charge in [-0.15, -0.1) is 0 Å². The van der Waals surface area contributed by atoms with Gasteiger partial charge in [-0.2, -0.15) is 5.26 Å². The van der Waals surface area contributed by atoms with Crippen LogP contribution in [0.1, 0.15) is 48.9 Å². The van der Waals surface area contributed by atoms with Crippen LogP contribution in [0.4, 0.5) is 5.69 Å². The summed E-state index contributed by atoms with van der Waals surface area (Å²) in [4.78, 5) is 4.89. The minimum atomic E-state index is 0.444. The third-order valence-electron chi connectivity index (χ3n) is 5.99. The Morgan fingerprint density at radius 1 is 1.14 bits per heavy atom. The molecule has 29 heavy (non-hydrogen) atoms. The number of likely N-dealkylation sites (tertiary alicyclic amines) is 1. The molecule has 0 amide bonds. The number of hydrogen-bond acceptors (Lipinski definition) is 4. The fraction of sp³-hybridized carbons (Fsp3) is 0.480. The SMILES string of the molecule is CCN(CCC#N)c1ccc(CNCC(c2ccccc2)N2CCCC2)c(C)c1. The standard InChI is InChI=1S/C25H34N4/c1-3-28(17-9-14-26)24-13-12-23(21(2)18-24)19-27-20-25(29-15-7-8-16-29)22-10-5-4-6-11-22/h4-6,10-13,18,25,27H,3,7-9,15-17,19-20H2,1-2H3. The van der Waals surface area contributed by atoms with Gasteiger partial charge in [0.05, 0.1) is 12.5 Å². The van der Waals surface area contributed by atoms with Gasteiger partial charge < -0.3 is 10.2 Å². The lowest BCUT2D eigenvalue weighted by Crippen LogP contribution is -2.34. The van der Waals surface area contributed by atoms with E-state index in [2.05, 4.69) is 83.6 Å². The second-order valence-corrected chi connectivity index (χ2v) is 7.90. The number of rotatable bonds is 10. The van der Waals surface area contributed by atoms with E-state index < -0.39 is 0 Å². The molecule has 0 saturated carbocycles.